The summed E-state index contributed by atoms with van der Waals surface area (Å²) in [7, 11) is 4.83. The van der Waals surface area contributed by atoms with Gasteiger partial charge in [-0.2, -0.15) is 13.2 Å². The van der Waals surface area contributed by atoms with Crippen molar-refractivity contribution in [1.82, 2.24) is 9.80 Å². The van der Waals surface area contributed by atoms with Crippen LogP contribution in [0.1, 0.15) is 15.9 Å². The number of alkyl halides is 3. The summed E-state index contributed by atoms with van der Waals surface area (Å²) >= 11 is 0. The van der Waals surface area contributed by atoms with Crippen LogP contribution in [0.3, 0.4) is 0 Å². The Morgan fingerprint density at radius 2 is 1.73 bits per heavy atom. The normalized spacial score (nSPS) is 11.0. The summed E-state index contributed by atoms with van der Waals surface area (Å²) in [6.07, 6.45) is -4.85. The van der Waals surface area contributed by atoms with Crippen LogP contribution in [-0.2, 0) is 6.18 Å². The summed E-state index contributed by atoms with van der Waals surface area (Å²) in [5.41, 5.74) is -2.14. The molecule has 0 aliphatic carbocycles. The fourth-order valence-electron chi connectivity index (χ4n) is 1.71. The number of carbonyl (C=O) groups is 2. The summed E-state index contributed by atoms with van der Waals surface area (Å²) in [5, 5.41) is 9.60. The molecule has 1 N–H and O–H groups in total. The number of amides is 3. The molecule has 0 fully saturated rings. The van der Waals surface area contributed by atoms with E-state index < -0.39 is 40.7 Å². The molecule has 0 bridgehead atoms. The van der Waals surface area contributed by atoms with Gasteiger partial charge < -0.3 is 14.7 Å². The number of imide groups is 1. The van der Waals surface area contributed by atoms with Gasteiger partial charge in [-0.3, -0.25) is 9.69 Å². The minimum atomic E-state index is -4.85. The van der Waals surface area contributed by atoms with Gasteiger partial charge in [-0.25, -0.2) is 4.79 Å². The van der Waals surface area contributed by atoms with Crippen molar-refractivity contribution in [2.24, 2.45) is 0 Å². The molecule has 1 aromatic rings. The topological polar surface area (TPSA) is 70.1 Å². The minimum Gasteiger partial charge on any atom is -0.504 e. The first-order valence-electron chi connectivity index (χ1n) is 5.98. The quantitative estimate of drug-likeness (QED) is 0.907. The fraction of sp³-hybridized carbons (Fsp3) is 0.385. The molecule has 122 valence electrons. The van der Waals surface area contributed by atoms with E-state index in [9.17, 15) is 27.9 Å². The van der Waals surface area contributed by atoms with Crippen molar-refractivity contribution in [2.75, 3.05) is 28.3 Å². The maximum absolute atomic E-state index is 13.1. The number of halogens is 3. The number of urea groups is 1. The molecule has 0 aliphatic rings. The van der Waals surface area contributed by atoms with Crippen LogP contribution < -0.4 is 4.74 Å². The van der Waals surface area contributed by atoms with Crippen molar-refractivity contribution >= 4 is 11.9 Å². The first kappa shape index (κ1) is 17.6. The maximum Gasteiger partial charge on any atom is 0.417 e. The Labute approximate surface area is 124 Å². The Hall–Kier alpha value is -2.45. The third kappa shape index (κ3) is 3.41. The van der Waals surface area contributed by atoms with Gasteiger partial charge in [0.1, 0.15) is 0 Å². The Bertz CT molecular complexity index is 600. The van der Waals surface area contributed by atoms with Crippen LogP contribution in [0.2, 0.25) is 0 Å². The summed E-state index contributed by atoms with van der Waals surface area (Å²) in [6.45, 7) is 0. The van der Waals surface area contributed by atoms with E-state index in [-0.39, 0.29) is 0 Å². The number of nitrogens with zero attached hydrogens (tertiary/aromatic N) is 2. The van der Waals surface area contributed by atoms with Crippen molar-refractivity contribution < 1.29 is 32.6 Å². The molecule has 3 amide bonds. The van der Waals surface area contributed by atoms with Gasteiger partial charge in [0, 0.05) is 21.1 Å². The molecule has 6 nitrogen and oxygen atoms in total. The van der Waals surface area contributed by atoms with Crippen LogP contribution in [0.4, 0.5) is 18.0 Å². The number of methoxy groups -OCH3 is 1. The second-order valence-corrected chi connectivity index (χ2v) is 4.61. The van der Waals surface area contributed by atoms with Crippen molar-refractivity contribution in [2.45, 2.75) is 6.18 Å². The fourth-order valence-corrected chi connectivity index (χ4v) is 1.71. The summed E-state index contributed by atoms with van der Waals surface area (Å²) < 4.78 is 43.8. The molecule has 1 rings (SSSR count). The molecule has 0 radical (unpaired) electrons. The van der Waals surface area contributed by atoms with E-state index in [0.29, 0.717) is 17.0 Å². The zero-order valence-corrected chi connectivity index (χ0v) is 12.4. The highest BCUT2D eigenvalue weighted by molar-refractivity contribution is 6.05. The smallest absolute Gasteiger partial charge is 0.417 e. The lowest BCUT2D eigenvalue weighted by molar-refractivity contribution is -0.138. The van der Waals surface area contributed by atoms with E-state index in [1.807, 2.05) is 0 Å². The average molecular weight is 320 g/mol. The summed E-state index contributed by atoms with van der Waals surface area (Å²) in [4.78, 5) is 25.4. The summed E-state index contributed by atoms with van der Waals surface area (Å²) in [5.74, 6) is -2.25. The van der Waals surface area contributed by atoms with E-state index in [4.69, 9.17) is 0 Å². The van der Waals surface area contributed by atoms with E-state index in [0.717, 1.165) is 19.1 Å². The molecule has 0 unspecified atom stereocenters. The van der Waals surface area contributed by atoms with Crippen LogP contribution in [0.25, 0.3) is 0 Å². The predicted octanol–water partition coefficient (Wildman–Crippen LogP) is 2.17. The highest BCUT2D eigenvalue weighted by Crippen LogP contribution is 2.39. The van der Waals surface area contributed by atoms with Crippen LogP contribution in [0, 0.1) is 0 Å². The highest BCUT2D eigenvalue weighted by Gasteiger charge is 2.38. The van der Waals surface area contributed by atoms with Crippen molar-refractivity contribution in [3.05, 3.63) is 23.3 Å². The average Bonchev–Trinajstić information content (AvgIpc) is 2.43. The highest BCUT2D eigenvalue weighted by atomic mass is 19.4. The van der Waals surface area contributed by atoms with Crippen LogP contribution in [0.15, 0.2) is 12.1 Å². The number of benzene rings is 1. The maximum atomic E-state index is 13.1. The Morgan fingerprint density at radius 3 is 2.14 bits per heavy atom. The molecule has 0 aliphatic heterocycles. The van der Waals surface area contributed by atoms with E-state index in [2.05, 4.69) is 4.74 Å². The molecular formula is C13H15F3N2O4. The number of hydrogen-bond acceptors (Lipinski definition) is 4. The molecule has 9 heteroatoms. The van der Waals surface area contributed by atoms with Gasteiger partial charge in [0.25, 0.3) is 5.91 Å². The zero-order valence-electron chi connectivity index (χ0n) is 12.4. The van der Waals surface area contributed by atoms with Crippen molar-refractivity contribution in [3.63, 3.8) is 0 Å². The third-order valence-corrected chi connectivity index (χ3v) is 2.83. The number of phenolic OH excluding ortho intramolecular Hbond substituents is 1. The van der Waals surface area contributed by atoms with Gasteiger partial charge in [-0.05, 0) is 12.1 Å². The van der Waals surface area contributed by atoms with Crippen molar-refractivity contribution in [1.29, 1.82) is 0 Å². The number of carbonyl (C=O) groups excluding carboxylic acids is 2. The molecule has 0 aromatic heterocycles. The van der Waals surface area contributed by atoms with E-state index in [1.165, 1.54) is 14.1 Å². The largest absolute Gasteiger partial charge is 0.504 e. The Kier molecular flexibility index (Phi) is 4.90. The number of phenols is 1. The van der Waals surface area contributed by atoms with E-state index >= 15 is 0 Å². The molecule has 1 aromatic carbocycles. The standard InChI is InChI=1S/C13H15F3N2O4/c1-17(2)12(21)18(3)11(20)7-5-9(19)10(22-4)6-8(7)13(14,15)16/h5-6,19H,1-4H3. The second-order valence-electron chi connectivity index (χ2n) is 4.61. The second kappa shape index (κ2) is 6.12. The number of aromatic hydroxyl groups is 1. The molecule has 22 heavy (non-hydrogen) atoms. The number of rotatable bonds is 2. The van der Waals surface area contributed by atoms with Crippen LogP contribution >= 0.6 is 0 Å². The lowest BCUT2D eigenvalue weighted by atomic mass is 10.0. The molecule has 0 atom stereocenters. The molecule has 0 spiro atoms. The summed E-state index contributed by atoms with van der Waals surface area (Å²) in [6, 6.07) is 0.341. The SMILES string of the molecule is COc1cc(C(F)(F)F)c(C(=O)N(C)C(=O)N(C)C)cc1O. The molecular weight excluding hydrogens is 305 g/mol. The predicted molar refractivity (Wildman–Crippen MR) is 70.8 cm³/mol. The van der Waals surface area contributed by atoms with Crippen LogP contribution in [-0.4, -0.2) is 55.1 Å². The van der Waals surface area contributed by atoms with Gasteiger partial charge in [0.05, 0.1) is 18.2 Å². The first-order valence-corrected chi connectivity index (χ1v) is 5.98. The third-order valence-electron chi connectivity index (χ3n) is 2.83. The monoisotopic (exact) mass is 320 g/mol. The van der Waals surface area contributed by atoms with Gasteiger partial charge in [0.15, 0.2) is 11.5 Å². The number of ether oxygens (including phenoxy) is 1. The minimum absolute atomic E-state index is 0.425. The Balaban J connectivity index is 3.43. The lowest BCUT2D eigenvalue weighted by Gasteiger charge is -2.22. The zero-order chi connectivity index (χ0) is 17.2. The van der Waals surface area contributed by atoms with E-state index in [1.54, 1.807) is 0 Å². The van der Waals surface area contributed by atoms with Gasteiger partial charge in [-0.15, -0.1) is 0 Å². The Morgan fingerprint density at radius 1 is 1.18 bits per heavy atom. The first-order chi connectivity index (χ1) is 10.0. The molecule has 0 saturated heterocycles. The van der Waals surface area contributed by atoms with Gasteiger partial charge in [0.2, 0.25) is 0 Å². The van der Waals surface area contributed by atoms with Crippen LogP contribution in [0.5, 0.6) is 11.5 Å². The number of hydrogen-bond donors (Lipinski definition) is 1. The van der Waals surface area contributed by atoms with Gasteiger partial charge in [-0.1, -0.05) is 0 Å². The molecule has 0 saturated carbocycles. The lowest BCUT2D eigenvalue weighted by Crippen LogP contribution is -2.41. The molecule has 0 heterocycles. The van der Waals surface area contributed by atoms with Gasteiger partial charge >= 0.3 is 12.2 Å². The van der Waals surface area contributed by atoms with Crippen molar-refractivity contribution in [3.8, 4) is 11.5 Å².